The molecule has 1 saturated carbocycles. The highest BCUT2D eigenvalue weighted by Gasteiger charge is 2.33. The van der Waals surface area contributed by atoms with Crippen LogP contribution >= 0.6 is 0 Å². The molecule has 0 aromatic carbocycles. The molecule has 0 spiro atoms. The Hall–Kier alpha value is -0.0800. The van der Waals surface area contributed by atoms with Gasteiger partial charge in [-0.1, -0.05) is 19.8 Å². The lowest BCUT2D eigenvalue weighted by Gasteiger charge is -2.45. The highest BCUT2D eigenvalue weighted by molar-refractivity contribution is 4.89. The minimum absolute atomic E-state index is 0.716. The molecule has 2 heteroatoms. The lowest BCUT2D eigenvalue weighted by atomic mass is 9.95. The molecule has 2 nitrogen and oxygen atoms in total. The predicted octanol–water partition coefficient (Wildman–Crippen LogP) is 1.99. The van der Waals surface area contributed by atoms with Crippen LogP contribution in [-0.2, 0) is 0 Å². The number of hydrogen-bond donors (Lipinski definition) is 1. The predicted molar refractivity (Wildman–Crippen MR) is 60.2 cm³/mol. The molecule has 1 aliphatic heterocycles. The zero-order chi connectivity index (χ0) is 9.97. The maximum absolute atomic E-state index is 5.76. The maximum atomic E-state index is 5.76. The van der Waals surface area contributed by atoms with Crippen molar-refractivity contribution in [2.75, 3.05) is 13.1 Å². The van der Waals surface area contributed by atoms with Crippen molar-refractivity contribution in [3.05, 3.63) is 0 Å². The van der Waals surface area contributed by atoms with E-state index in [1.54, 1.807) is 0 Å². The Balaban J connectivity index is 1.84. The van der Waals surface area contributed by atoms with Gasteiger partial charge in [0, 0.05) is 25.2 Å². The normalized spacial score (nSPS) is 40.3. The van der Waals surface area contributed by atoms with E-state index in [4.69, 9.17) is 5.73 Å². The second-order valence-corrected chi connectivity index (χ2v) is 5.18. The van der Waals surface area contributed by atoms with Gasteiger partial charge in [0.15, 0.2) is 0 Å². The summed E-state index contributed by atoms with van der Waals surface area (Å²) in [4.78, 5) is 2.66. The fourth-order valence-electron chi connectivity index (χ4n) is 2.99. The second kappa shape index (κ2) is 4.63. The first-order valence-corrected chi connectivity index (χ1v) is 6.27. The van der Waals surface area contributed by atoms with Crippen molar-refractivity contribution in [1.82, 2.24) is 4.90 Å². The van der Waals surface area contributed by atoms with Crippen LogP contribution in [0.3, 0.4) is 0 Å². The van der Waals surface area contributed by atoms with Crippen molar-refractivity contribution in [3.8, 4) is 0 Å². The van der Waals surface area contributed by atoms with E-state index in [2.05, 4.69) is 11.8 Å². The standard InChI is InChI=1S/C12H24N2/c1-10-3-2-4-11(6-5-10)14-8-7-12(14)9-13/h10-12H,2-9,13H2,1H3. The molecule has 0 radical (unpaired) electrons. The highest BCUT2D eigenvalue weighted by atomic mass is 15.2. The van der Waals surface area contributed by atoms with Gasteiger partial charge < -0.3 is 5.73 Å². The molecule has 1 saturated heterocycles. The van der Waals surface area contributed by atoms with Crippen molar-refractivity contribution in [2.24, 2.45) is 11.7 Å². The zero-order valence-corrected chi connectivity index (χ0v) is 9.41. The summed E-state index contributed by atoms with van der Waals surface area (Å²) in [5.41, 5.74) is 5.76. The summed E-state index contributed by atoms with van der Waals surface area (Å²) in [5, 5.41) is 0. The first-order valence-electron chi connectivity index (χ1n) is 6.27. The van der Waals surface area contributed by atoms with Gasteiger partial charge in [0.05, 0.1) is 0 Å². The van der Waals surface area contributed by atoms with Crippen molar-refractivity contribution in [2.45, 2.75) is 57.5 Å². The second-order valence-electron chi connectivity index (χ2n) is 5.18. The zero-order valence-electron chi connectivity index (χ0n) is 9.41. The van der Waals surface area contributed by atoms with Crippen LogP contribution in [0.25, 0.3) is 0 Å². The van der Waals surface area contributed by atoms with Crippen molar-refractivity contribution in [3.63, 3.8) is 0 Å². The molecule has 0 aromatic rings. The molecule has 1 aliphatic carbocycles. The number of nitrogens with two attached hydrogens (primary N) is 1. The van der Waals surface area contributed by atoms with Crippen LogP contribution in [0.5, 0.6) is 0 Å². The average Bonchev–Trinajstić information content (AvgIpc) is 2.31. The molecular weight excluding hydrogens is 172 g/mol. The third-order valence-electron chi connectivity index (χ3n) is 4.16. The van der Waals surface area contributed by atoms with Gasteiger partial charge in [-0.25, -0.2) is 0 Å². The topological polar surface area (TPSA) is 29.3 Å². The summed E-state index contributed by atoms with van der Waals surface area (Å²) >= 11 is 0. The van der Waals surface area contributed by atoms with Crippen molar-refractivity contribution in [1.29, 1.82) is 0 Å². The fraction of sp³-hybridized carbons (Fsp3) is 1.00. The molecular formula is C12H24N2. The summed E-state index contributed by atoms with van der Waals surface area (Å²) in [5.74, 6) is 0.956. The van der Waals surface area contributed by atoms with Gasteiger partial charge in [0.25, 0.3) is 0 Å². The van der Waals surface area contributed by atoms with Crippen LogP contribution in [0.15, 0.2) is 0 Å². The molecule has 3 unspecified atom stereocenters. The Bertz CT molecular complexity index is 179. The molecule has 0 aromatic heterocycles. The number of rotatable bonds is 2. The fourth-order valence-corrected chi connectivity index (χ4v) is 2.99. The van der Waals surface area contributed by atoms with Gasteiger partial charge in [-0.15, -0.1) is 0 Å². The van der Waals surface area contributed by atoms with Gasteiger partial charge in [-0.3, -0.25) is 4.90 Å². The molecule has 82 valence electrons. The van der Waals surface area contributed by atoms with Crippen LogP contribution in [0.2, 0.25) is 0 Å². The molecule has 0 amide bonds. The minimum atomic E-state index is 0.716. The van der Waals surface area contributed by atoms with E-state index in [1.807, 2.05) is 0 Å². The average molecular weight is 196 g/mol. The third-order valence-corrected chi connectivity index (χ3v) is 4.16. The van der Waals surface area contributed by atoms with Gasteiger partial charge in [-0.05, 0) is 31.6 Å². The Kier molecular flexibility index (Phi) is 3.45. The van der Waals surface area contributed by atoms with E-state index in [1.165, 1.54) is 45.1 Å². The molecule has 0 bridgehead atoms. The molecule has 14 heavy (non-hydrogen) atoms. The van der Waals surface area contributed by atoms with Gasteiger partial charge in [-0.2, -0.15) is 0 Å². The van der Waals surface area contributed by atoms with Crippen molar-refractivity contribution < 1.29 is 0 Å². The Morgan fingerprint density at radius 2 is 2.00 bits per heavy atom. The van der Waals surface area contributed by atoms with E-state index < -0.39 is 0 Å². The van der Waals surface area contributed by atoms with Crippen LogP contribution in [0.4, 0.5) is 0 Å². The largest absolute Gasteiger partial charge is 0.329 e. The quantitative estimate of drug-likeness (QED) is 0.684. The summed E-state index contributed by atoms with van der Waals surface area (Å²) in [7, 11) is 0. The Morgan fingerprint density at radius 1 is 1.14 bits per heavy atom. The Morgan fingerprint density at radius 3 is 2.64 bits per heavy atom. The van der Waals surface area contributed by atoms with E-state index in [0.717, 1.165) is 18.5 Å². The summed E-state index contributed by atoms with van der Waals surface area (Å²) in [6.07, 6.45) is 8.47. The van der Waals surface area contributed by atoms with E-state index in [0.29, 0.717) is 6.04 Å². The molecule has 2 rings (SSSR count). The van der Waals surface area contributed by atoms with Crippen molar-refractivity contribution >= 4 is 0 Å². The lowest BCUT2D eigenvalue weighted by Crippen LogP contribution is -2.56. The minimum Gasteiger partial charge on any atom is -0.329 e. The summed E-state index contributed by atoms with van der Waals surface area (Å²) < 4.78 is 0. The van der Waals surface area contributed by atoms with Crippen LogP contribution in [0, 0.1) is 5.92 Å². The van der Waals surface area contributed by atoms with Gasteiger partial charge in [0.1, 0.15) is 0 Å². The number of likely N-dealkylation sites (tertiary alicyclic amines) is 1. The number of nitrogens with zero attached hydrogens (tertiary/aromatic N) is 1. The number of hydrogen-bond acceptors (Lipinski definition) is 2. The smallest absolute Gasteiger partial charge is 0.0233 e. The molecule has 2 aliphatic rings. The first kappa shape index (κ1) is 10.4. The lowest BCUT2D eigenvalue weighted by molar-refractivity contribution is 0.0387. The van der Waals surface area contributed by atoms with E-state index in [-0.39, 0.29) is 0 Å². The molecule has 2 fully saturated rings. The Labute approximate surface area is 87.8 Å². The highest BCUT2D eigenvalue weighted by Crippen LogP contribution is 2.30. The first-order chi connectivity index (χ1) is 6.81. The van der Waals surface area contributed by atoms with Gasteiger partial charge in [0.2, 0.25) is 0 Å². The maximum Gasteiger partial charge on any atom is 0.0233 e. The summed E-state index contributed by atoms with van der Waals surface area (Å²) in [6.45, 7) is 4.58. The van der Waals surface area contributed by atoms with E-state index in [9.17, 15) is 0 Å². The molecule has 1 heterocycles. The van der Waals surface area contributed by atoms with Crippen LogP contribution < -0.4 is 5.73 Å². The van der Waals surface area contributed by atoms with Crippen LogP contribution in [0.1, 0.15) is 45.4 Å². The summed E-state index contributed by atoms with van der Waals surface area (Å²) in [6, 6.07) is 1.58. The molecule has 3 atom stereocenters. The van der Waals surface area contributed by atoms with Gasteiger partial charge >= 0.3 is 0 Å². The van der Waals surface area contributed by atoms with E-state index >= 15 is 0 Å². The molecule has 2 N–H and O–H groups in total. The SMILES string of the molecule is CC1CCCC(N2CCC2CN)CC1. The third kappa shape index (κ3) is 2.12. The monoisotopic (exact) mass is 196 g/mol. The van der Waals surface area contributed by atoms with Crippen LogP contribution in [-0.4, -0.2) is 30.1 Å².